The summed E-state index contributed by atoms with van der Waals surface area (Å²) in [6, 6.07) is -0.00231. The average molecular weight is 201 g/mol. The van der Waals surface area contributed by atoms with Crippen molar-refractivity contribution in [3.63, 3.8) is 0 Å². The summed E-state index contributed by atoms with van der Waals surface area (Å²) >= 11 is 0. The SMILES string of the molecule is C1COCC(C23OCC(CO2)CO3)N1. The molecule has 4 aliphatic heterocycles. The zero-order valence-corrected chi connectivity index (χ0v) is 8.03. The van der Waals surface area contributed by atoms with E-state index >= 15 is 0 Å². The maximum atomic E-state index is 5.62. The number of hydrogen-bond acceptors (Lipinski definition) is 5. The molecule has 5 heteroatoms. The normalized spacial score (nSPS) is 48.0. The molecule has 4 heterocycles. The highest BCUT2D eigenvalue weighted by molar-refractivity contribution is 4.86. The highest BCUT2D eigenvalue weighted by Gasteiger charge is 2.51. The predicted octanol–water partition coefficient (Wildman–Crippen LogP) is -0.678. The molecule has 0 aromatic heterocycles. The second kappa shape index (κ2) is 3.43. The van der Waals surface area contributed by atoms with Crippen molar-refractivity contribution in [2.45, 2.75) is 12.0 Å². The lowest BCUT2D eigenvalue weighted by Crippen LogP contribution is -2.66. The van der Waals surface area contributed by atoms with Crippen molar-refractivity contribution in [2.24, 2.45) is 5.92 Å². The lowest BCUT2D eigenvalue weighted by molar-refractivity contribution is -0.460. The van der Waals surface area contributed by atoms with Gasteiger partial charge in [-0.05, 0) is 0 Å². The Labute approximate surface area is 82.6 Å². The van der Waals surface area contributed by atoms with E-state index in [4.69, 9.17) is 18.9 Å². The Morgan fingerprint density at radius 2 is 1.71 bits per heavy atom. The van der Waals surface area contributed by atoms with E-state index < -0.39 is 5.97 Å². The first-order valence-corrected chi connectivity index (χ1v) is 5.12. The van der Waals surface area contributed by atoms with Crippen molar-refractivity contribution in [1.82, 2.24) is 5.32 Å². The lowest BCUT2D eigenvalue weighted by Gasteiger charge is -2.49. The minimum atomic E-state index is -0.880. The fourth-order valence-electron chi connectivity index (χ4n) is 2.07. The van der Waals surface area contributed by atoms with Crippen LogP contribution < -0.4 is 5.32 Å². The molecule has 1 unspecified atom stereocenters. The molecule has 0 amide bonds. The fourth-order valence-corrected chi connectivity index (χ4v) is 2.07. The monoisotopic (exact) mass is 201 g/mol. The van der Waals surface area contributed by atoms with Gasteiger partial charge in [0, 0.05) is 12.5 Å². The number of rotatable bonds is 1. The van der Waals surface area contributed by atoms with E-state index in [1.165, 1.54) is 0 Å². The van der Waals surface area contributed by atoms with Crippen LogP contribution in [-0.4, -0.2) is 51.6 Å². The quantitative estimate of drug-likeness (QED) is 0.609. The maximum absolute atomic E-state index is 5.62. The van der Waals surface area contributed by atoms with Crippen LogP contribution in [-0.2, 0) is 18.9 Å². The second-order valence-electron chi connectivity index (χ2n) is 3.98. The summed E-state index contributed by atoms with van der Waals surface area (Å²) in [6.45, 7) is 4.36. The summed E-state index contributed by atoms with van der Waals surface area (Å²) in [5.41, 5.74) is 0. The molecule has 0 aromatic carbocycles. The molecule has 2 bridgehead atoms. The van der Waals surface area contributed by atoms with Crippen LogP contribution in [0.1, 0.15) is 0 Å². The highest BCUT2D eigenvalue weighted by atomic mass is 16.9. The molecule has 80 valence electrons. The van der Waals surface area contributed by atoms with Gasteiger partial charge in [0.1, 0.15) is 6.04 Å². The third-order valence-corrected chi connectivity index (χ3v) is 2.91. The van der Waals surface area contributed by atoms with Crippen LogP contribution in [0.25, 0.3) is 0 Å². The van der Waals surface area contributed by atoms with E-state index in [0.29, 0.717) is 12.5 Å². The number of nitrogens with one attached hydrogen (secondary N) is 1. The predicted molar refractivity (Wildman–Crippen MR) is 46.7 cm³/mol. The molecule has 1 atom stereocenters. The Morgan fingerprint density at radius 3 is 2.29 bits per heavy atom. The summed E-state index contributed by atoms with van der Waals surface area (Å²) in [6.07, 6.45) is 0. The number of morpholine rings is 1. The van der Waals surface area contributed by atoms with Gasteiger partial charge in [-0.15, -0.1) is 0 Å². The third kappa shape index (κ3) is 1.36. The van der Waals surface area contributed by atoms with E-state index in [2.05, 4.69) is 5.32 Å². The van der Waals surface area contributed by atoms with E-state index in [9.17, 15) is 0 Å². The van der Waals surface area contributed by atoms with Gasteiger partial charge < -0.3 is 24.3 Å². The number of hydrogen-bond donors (Lipinski definition) is 1. The highest BCUT2D eigenvalue weighted by Crippen LogP contribution is 2.33. The molecule has 14 heavy (non-hydrogen) atoms. The van der Waals surface area contributed by atoms with Crippen LogP contribution in [0, 0.1) is 5.92 Å². The van der Waals surface area contributed by atoms with Crippen molar-refractivity contribution in [2.75, 3.05) is 39.6 Å². The summed E-state index contributed by atoms with van der Waals surface area (Å²) < 4.78 is 22.2. The van der Waals surface area contributed by atoms with Gasteiger partial charge in [0.05, 0.1) is 33.0 Å². The summed E-state index contributed by atoms with van der Waals surface area (Å²) in [5, 5.41) is 3.31. The van der Waals surface area contributed by atoms with Gasteiger partial charge in [-0.25, -0.2) is 0 Å². The summed E-state index contributed by atoms with van der Waals surface area (Å²) in [4.78, 5) is 0. The van der Waals surface area contributed by atoms with Gasteiger partial charge in [-0.2, -0.15) is 0 Å². The fraction of sp³-hybridized carbons (Fsp3) is 1.00. The van der Waals surface area contributed by atoms with Crippen LogP contribution in [0.4, 0.5) is 0 Å². The molecule has 4 aliphatic rings. The molecule has 4 fully saturated rings. The average Bonchev–Trinajstić information content (AvgIpc) is 2.33. The zero-order valence-electron chi connectivity index (χ0n) is 8.03. The summed E-state index contributed by atoms with van der Waals surface area (Å²) in [5.74, 6) is -0.476. The molecule has 4 saturated heterocycles. The van der Waals surface area contributed by atoms with Crippen LogP contribution in [0.2, 0.25) is 0 Å². The molecule has 0 aromatic rings. The Hall–Kier alpha value is -0.200. The van der Waals surface area contributed by atoms with Crippen LogP contribution in [0.5, 0.6) is 0 Å². The van der Waals surface area contributed by atoms with Crippen LogP contribution >= 0.6 is 0 Å². The first-order chi connectivity index (χ1) is 6.89. The van der Waals surface area contributed by atoms with Crippen molar-refractivity contribution < 1.29 is 18.9 Å². The molecule has 0 spiro atoms. The van der Waals surface area contributed by atoms with E-state index in [1.807, 2.05) is 0 Å². The molecular formula is C9H15NO4. The van der Waals surface area contributed by atoms with Crippen molar-refractivity contribution in [1.29, 1.82) is 0 Å². The largest absolute Gasteiger partial charge is 0.378 e. The van der Waals surface area contributed by atoms with Gasteiger partial charge in [0.25, 0.3) is 0 Å². The van der Waals surface area contributed by atoms with E-state index in [1.54, 1.807) is 0 Å². The Kier molecular flexibility index (Phi) is 2.22. The van der Waals surface area contributed by atoms with Crippen molar-refractivity contribution in [3.05, 3.63) is 0 Å². The minimum absolute atomic E-state index is 0.00231. The number of fused-ring (bicyclic) bond motifs is 3. The van der Waals surface area contributed by atoms with Gasteiger partial charge in [-0.3, -0.25) is 0 Å². The Bertz CT molecular complexity index is 195. The Morgan fingerprint density at radius 1 is 1.00 bits per heavy atom. The number of ether oxygens (including phenoxy) is 4. The molecule has 0 saturated carbocycles. The third-order valence-electron chi connectivity index (χ3n) is 2.91. The standard InChI is InChI=1S/C9H15NO4/c1-2-11-6-8(10-1)9-12-3-7(4-13-9)5-14-9/h7-8,10H,1-6H2. The molecular weight excluding hydrogens is 186 g/mol. The zero-order chi connectivity index (χ0) is 9.43. The van der Waals surface area contributed by atoms with Crippen LogP contribution in [0.15, 0.2) is 0 Å². The molecule has 4 rings (SSSR count). The first-order valence-electron chi connectivity index (χ1n) is 5.12. The van der Waals surface area contributed by atoms with Crippen molar-refractivity contribution >= 4 is 0 Å². The van der Waals surface area contributed by atoms with Crippen molar-refractivity contribution in [3.8, 4) is 0 Å². The minimum Gasteiger partial charge on any atom is -0.378 e. The molecule has 0 aliphatic carbocycles. The topological polar surface area (TPSA) is 49.0 Å². The van der Waals surface area contributed by atoms with E-state index in [0.717, 1.165) is 33.0 Å². The van der Waals surface area contributed by atoms with Gasteiger partial charge >= 0.3 is 5.97 Å². The molecule has 1 N–H and O–H groups in total. The first kappa shape index (κ1) is 9.06. The van der Waals surface area contributed by atoms with Gasteiger partial charge in [-0.1, -0.05) is 0 Å². The second-order valence-corrected chi connectivity index (χ2v) is 3.98. The summed E-state index contributed by atoms with van der Waals surface area (Å²) in [7, 11) is 0. The van der Waals surface area contributed by atoms with E-state index in [-0.39, 0.29) is 6.04 Å². The van der Waals surface area contributed by atoms with Gasteiger partial charge in [0.2, 0.25) is 0 Å². The molecule has 0 radical (unpaired) electrons. The lowest BCUT2D eigenvalue weighted by atomic mass is 10.1. The molecule has 5 nitrogen and oxygen atoms in total. The smallest absolute Gasteiger partial charge is 0.301 e. The van der Waals surface area contributed by atoms with Gasteiger partial charge in [0.15, 0.2) is 0 Å². The maximum Gasteiger partial charge on any atom is 0.301 e. The Balaban J connectivity index is 1.73. The van der Waals surface area contributed by atoms with Crippen LogP contribution in [0.3, 0.4) is 0 Å².